The smallest absolute Gasteiger partial charge is 0.251 e. The van der Waals surface area contributed by atoms with Crippen molar-refractivity contribution in [1.29, 1.82) is 0 Å². The minimum Gasteiger partial charge on any atom is -0.354 e. The van der Waals surface area contributed by atoms with Crippen molar-refractivity contribution in [1.82, 2.24) is 10.6 Å². The summed E-state index contributed by atoms with van der Waals surface area (Å²) in [4.78, 5) is 25.0. The molecule has 3 rings (SSSR count). The van der Waals surface area contributed by atoms with Gasteiger partial charge in [-0.15, -0.1) is 12.4 Å². The molecule has 0 radical (unpaired) electrons. The highest BCUT2D eigenvalue weighted by atomic mass is 35.5. The molecule has 1 fully saturated rings. The molecule has 0 aliphatic heterocycles. The van der Waals surface area contributed by atoms with E-state index in [-0.39, 0.29) is 36.7 Å². The van der Waals surface area contributed by atoms with E-state index in [0.717, 1.165) is 24.0 Å². The maximum Gasteiger partial charge on any atom is 0.251 e. The van der Waals surface area contributed by atoms with Gasteiger partial charge in [-0.05, 0) is 43.4 Å². The number of hydrogen-bond donors (Lipinski definition) is 3. The Bertz CT molecular complexity index is 776. The van der Waals surface area contributed by atoms with Gasteiger partial charge in [0.05, 0.1) is 12.5 Å². The number of benzene rings is 2. The molecular formula is C22H28ClN3O2. The fraction of sp³-hybridized carbons (Fsp3) is 0.364. The van der Waals surface area contributed by atoms with Gasteiger partial charge in [0.15, 0.2) is 0 Å². The molecule has 28 heavy (non-hydrogen) atoms. The number of carbonyl (C=O) groups excluding carboxylic acids is 2. The fourth-order valence-electron chi connectivity index (χ4n) is 3.06. The Morgan fingerprint density at radius 1 is 1.07 bits per heavy atom. The summed E-state index contributed by atoms with van der Waals surface area (Å²) in [5, 5.41) is 5.90. The van der Waals surface area contributed by atoms with Gasteiger partial charge in [-0.3, -0.25) is 9.59 Å². The van der Waals surface area contributed by atoms with Crippen molar-refractivity contribution in [3.8, 4) is 0 Å². The van der Waals surface area contributed by atoms with Crippen LogP contribution in [0.3, 0.4) is 0 Å². The number of rotatable bonds is 8. The monoisotopic (exact) mass is 401 g/mol. The molecule has 0 heterocycles. The Kier molecular flexibility index (Phi) is 8.03. The van der Waals surface area contributed by atoms with Gasteiger partial charge in [-0.2, -0.15) is 0 Å². The summed E-state index contributed by atoms with van der Waals surface area (Å²) in [6, 6.07) is 16.6. The van der Waals surface area contributed by atoms with E-state index in [4.69, 9.17) is 5.73 Å². The van der Waals surface area contributed by atoms with Crippen molar-refractivity contribution < 1.29 is 9.59 Å². The minimum atomic E-state index is -0.392. The largest absolute Gasteiger partial charge is 0.354 e. The molecule has 0 spiro atoms. The van der Waals surface area contributed by atoms with E-state index < -0.39 is 6.04 Å². The summed E-state index contributed by atoms with van der Waals surface area (Å²) in [7, 11) is 0. The normalized spacial score (nSPS) is 15.1. The molecule has 4 N–H and O–H groups in total. The van der Waals surface area contributed by atoms with Crippen LogP contribution < -0.4 is 16.4 Å². The lowest BCUT2D eigenvalue weighted by Gasteiger charge is -2.20. The number of hydrogen-bond acceptors (Lipinski definition) is 3. The molecule has 1 aliphatic rings. The second-order valence-electron chi connectivity index (χ2n) is 7.31. The lowest BCUT2D eigenvalue weighted by molar-refractivity contribution is -0.121. The summed E-state index contributed by atoms with van der Waals surface area (Å²) in [6.45, 7) is 2.46. The molecular weight excluding hydrogens is 374 g/mol. The second kappa shape index (κ2) is 10.2. The standard InChI is InChI=1S/C22H27N3O2.ClH/c1-15-7-9-18(10-8-15)22(27)25-20(17-5-3-2-4-6-17)13-21(26)24-14-19(23)16-11-12-16;/h2-10,16,19-20H,11-14,23H2,1H3,(H,24,26)(H,25,27);1H. The van der Waals surface area contributed by atoms with E-state index in [1.54, 1.807) is 12.1 Å². The average Bonchev–Trinajstić information content (AvgIpc) is 3.52. The van der Waals surface area contributed by atoms with Gasteiger partial charge < -0.3 is 16.4 Å². The van der Waals surface area contributed by atoms with E-state index in [1.807, 2.05) is 49.4 Å². The van der Waals surface area contributed by atoms with E-state index in [9.17, 15) is 9.59 Å². The molecule has 2 atom stereocenters. The number of carbonyl (C=O) groups is 2. The molecule has 2 aromatic rings. The molecule has 150 valence electrons. The van der Waals surface area contributed by atoms with E-state index >= 15 is 0 Å². The van der Waals surface area contributed by atoms with Crippen molar-refractivity contribution >= 4 is 24.2 Å². The Morgan fingerprint density at radius 3 is 2.32 bits per heavy atom. The molecule has 0 aromatic heterocycles. The van der Waals surface area contributed by atoms with Crippen LogP contribution in [0.1, 0.15) is 46.8 Å². The number of halogens is 1. The molecule has 1 saturated carbocycles. The molecule has 2 amide bonds. The van der Waals surface area contributed by atoms with Gasteiger partial charge in [0.2, 0.25) is 5.91 Å². The Morgan fingerprint density at radius 2 is 1.71 bits per heavy atom. The van der Waals surface area contributed by atoms with Crippen LogP contribution in [-0.2, 0) is 4.79 Å². The van der Waals surface area contributed by atoms with Crippen LogP contribution in [0.5, 0.6) is 0 Å². The molecule has 2 unspecified atom stereocenters. The second-order valence-corrected chi connectivity index (χ2v) is 7.31. The number of nitrogens with two attached hydrogens (primary N) is 1. The van der Waals surface area contributed by atoms with Crippen molar-refractivity contribution in [3.63, 3.8) is 0 Å². The first-order valence-electron chi connectivity index (χ1n) is 9.47. The zero-order chi connectivity index (χ0) is 19.2. The van der Waals surface area contributed by atoms with Gasteiger partial charge in [0, 0.05) is 18.2 Å². The molecule has 1 aliphatic carbocycles. The highest BCUT2D eigenvalue weighted by Gasteiger charge is 2.28. The van der Waals surface area contributed by atoms with Crippen LogP contribution in [0.25, 0.3) is 0 Å². The summed E-state index contributed by atoms with van der Waals surface area (Å²) < 4.78 is 0. The summed E-state index contributed by atoms with van der Waals surface area (Å²) in [5.41, 5.74) is 8.63. The van der Waals surface area contributed by atoms with Crippen LogP contribution in [0.4, 0.5) is 0 Å². The van der Waals surface area contributed by atoms with Crippen LogP contribution in [0.15, 0.2) is 54.6 Å². The topological polar surface area (TPSA) is 84.2 Å². The maximum atomic E-state index is 12.6. The van der Waals surface area contributed by atoms with Crippen LogP contribution in [0, 0.1) is 12.8 Å². The van der Waals surface area contributed by atoms with Crippen molar-refractivity contribution in [2.75, 3.05) is 6.54 Å². The zero-order valence-electron chi connectivity index (χ0n) is 16.1. The Labute approximate surface area is 172 Å². The minimum absolute atomic E-state index is 0. The van der Waals surface area contributed by atoms with Gasteiger partial charge in [-0.1, -0.05) is 48.0 Å². The SMILES string of the molecule is Cc1ccc(C(=O)NC(CC(=O)NCC(N)C2CC2)c2ccccc2)cc1.Cl. The summed E-state index contributed by atoms with van der Waals surface area (Å²) >= 11 is 0. The van der Waals surface area contributed by atoms with Crippen LogP contribution in [-0.4, -0.2) is 24.4 Å². The molecule has 6 heteroatoms. The van der Waals surface area contributed by atoms with Gasteiger partial charge in [-0.25, -0.2) is 0 Å². The predicted molar refractivity (Wildman–Crippen MR) is 113 cm³/mol. The maximum absolute atomic E-state index is 12.6. The van der Waals surface area contributed by atoms with Crippen molar-refractivity contribution in [3.05, 3.63) is 71.3 Å². The average molecular weight is 402 g/mol. The van der Waals surface area contributed by atoms with Crippen molar-refractivity contribution in [2.45, 2.75) is 38.3 Å². The lowest BCUT2D eigenvalue weighted by Crippen LogP contribution is -2.40. The van der Waals surface area contributed by atoms with Crippen molar-refractivity contribution in [2.24, 2.45) is 11.7 Å². The number of nitrogens with one attached hydrogen (secondary N) is 2. The molecule has 0 bridgehead atoms. The van der Waals surface area contributed by atoms with E-state index in [1.165, 1.54) is 0 Å². The lowest BCUT2D eigenvalue weighted by atomic mass is 10.0. The first-order valence-corrected chi connectivity index (χ1v) is 9.47. The summed E-state index contributed by atoms with van der Waals surface area (Å²) in [5.74, 6) is 0.243. The Hall–Kier alpha value is -2.37. The van der Waals surface area contributed by atoms with Crippen LogP contribution in [0.2, 0.25) is 0 Å². The number of amides is 2. The quantitative estimate of drug-likeness (QED) is 0.635. The molecule has 2 aromatic carbocycles. The third-order valence-electron chi connectivity index (χ3n) is 4.97. The predicted octanol–water partition coefficient (Wildman–Crippen LogP) is 3.13. The third-order valence-corrected chi connectivity index (χ3v) is 4.97. The van der Waals surface area contributed by atoms with Gasteiger partial charge >= 0.3 is 0 Å². The summed E-state index contributed by atoms with van der Waals surface area (Å²) in [6.07, 6.45) is 2.48. The van der Waals surface area contributed by atoms with Gasteiger partial charge in [0.1, 0.15) is 0 Å². The van der Waals surface area contributed by atoms with E-state index in [2.05, 4.69) is 10.6 Å². The van der Waals surface area contributed by atoms with Crippen LogP contribution >= 0.6 is 12.4 Å². The first kappa shape index (κ1) is 21.9. The fourth-order valence-corrected chi connectivity index (χ4v) is 3.06. The van der Waals surface area contributed by atoms with Gasteiger partial charge in [0.25, 0.3) is 5.91 Å². The highest BCUT2D eigenvalue weighted by Crippen LogP contribution is 2.31. The highest BCUT2D eigenvalue weighted by molar-refractivity contribution is 5.94. The molecule has 5 nitrogen and oxygen atoms in total. The molecule has 0 saturated heterocycles. The zero-order valence-corrected chi connectivity index (χ0v) is 16.9. The third kappa shape index (κ3) is 6.36. The Balaban J connectivity index is 0.00000280. The first-order chi connectivity index (χ1) is 13.0. The van der Waals surface area contributed by atoms with E-state index in [0.29, 0.717) is 18.0 Å². The number of aryl methyl sites for hydroxylation is 1.